The van der Waals surface area contributed by atoms with Crippen LogP contribution < -0.4 is 4.74 Å². The third-order valence-corrected chi connectivity index (χ3v) is 6.54. The van der Waals surface area contributed by atoms with Crippen molar-refractivity contribution in [3.05, 3.63) is 41.2 Å². The summed E-state index contributed by atoms with van der Waals surface area (Å²) in [5.41, 5.74) is -0.555. The van der Waals surface area contributed by atoms with Gasteiger partial charge in [-0.1, -0.05) is 12.8 Å². The number of hydrogen-bond acceptors (Lipinski definition) is 4. The average molecular weight is 465 g/mol. The van der Waals surface area contributed by atoms with Crippen molar-refractivity contribution in [3.63, 3.8) is 0 Å². The SMILES string of the molecule is COc1ccc(-n2nc(C(F)(F)F)c3c2C(=O)N(CCCCCCN2CCCC2)CC3)cc1. The fraction of sp³-hybridized carbons (Fsp3) is 0.583. The predicted molar refractivity (Wildman–Crippen MR) is 119 cm³/mol. The number of alkyl halides is 3. The largest absolute Gasteiger partial charge is 0.497 e. The van der Waals surface area contributed by atoms with E-state index in [1.807, 2.05) is 0 Å². The van der Waals surface area contributed by atoms with Gasteiger partial charge in [-0.05, 0) is 76.0 Å². The monoisotopic (exact) mass is 464 g/mol. The minimum atomic E-state index is -4.61. The van der Waals surface area contributed by atoms with Gasteiger partial charge in [-0.15, -0.1) is 0 Å². The minimum absolute atomic E-state index is 0.00909. The molecule has 1 aromatic carbocycles. The normalized spacial score (nSPS) is 17.0. The van der Waals surface area contributed by atoms with Crippen LogP contribution in [0.5, 0.6) is 5.75 Å². The highest BCUT2D eigenvalue weighted by atomic mass is 19.4. The molecule has 0 bridgehead atoms. The molecule has 4 rings (SSSR count). The molecule has 2 aromatic rings. The van der Waals surface area contributed by atoms with Gasteiger partial charge >= 0.3 is 6.18 Å². The molecule has 0 aliphatic carbocycles. The summed E-state index contributed by atoms with van der Waals surface area (Å²) in [5.74, 6) is 0.195. The van der Waals surface area contributed by atoms with Crippen LogP contribution in [0.25, 0.3) is 5.69 Å². The van der Waals surface area contributed by atoms with Crippen molar-refractivity contribution in [2.24, 2.45) is 0 Å². The number of ether oxygens (including phenoxy) is 1. The molecule has 0 spiro atoms. The standard InChI is InChI=1S/C24H31F3N4O2/c1-33-19-10-8-18(9-11-19)31-21-20(22(28-31)24(25,26)27)12-17-30(23(21)32)16-5-3-2-4-13-29-14-6-7-15-29/h8-11H,2-7,12-17H2,1H3. The Hall–Kier alpha value is -2.55. The van der Waals surface area contributed by atoms with E-state index in [2.05, 4.69) is 10.00 Å². The lowest BCUT2D eigenvalue weighted by Gasteiger charge is -2.28. The molecule has 2 aliphatic rings. The van der Waals surface area contributed by atoms with E-state index < -0.39 is 11.9 Å². The molecule has 9 heteroatoms. The number of hydrogen-bond donors (Lipinski definition) is 0. The van der Waals surface area contributed by atoms with E-state index in [9.17, 15) is 18.0 Å². The summed E-state index contributed by atoms with van der Waals surface area (Å²) in [6.07, 6.45) is 2.24. The molecule has 0 atom stereocenters. The molecule has 1 aromatic heterocycles. The zero-order chi connectivity index (χ0) is 23.4. The van der Waals surface area contributed by atoms with Crippen molar-refractivity contribution < 1.29 is 22.7 Å². The molecule has 180 valence electrons. The fourth-order valence-corrected chi connectivity index (χ4v) is 4.75. The maximum atomic E-state index is 13.7. The molecule has 6 nitrogen and oxygen atoms in total. The molecule has 0 radical (unpaired) electrons. The zero-order valence-electron chi connectivity index (χ0n) is 19.0. The Morgan fingerprint density at radius 2 is 1.64 bits per heavy atom. The van der Waals surface area contributed by atoms with Crippen molar-refractivity contribution >= 4 is 5.91 Å². The van der Waals surface area contributed by atoms with Gasteiger partial charge in [0.05, 0.1) is 12.8 Å². The molecule has 3 heterocycles. The first kappa shape index (κ1) is 23.6. The summed E-state index contributed by atoms with van der Waals surface area (Å²) in [5, 5.41) is 3.83. The lowest BCUT2D eigenvalue weighted by atomic mass is 10.0. The number of nitrogens with zero attached hydrogens (tertiary/aromatic N) is 4. The van der Waals surface area contributed by atoms with Crippen LogP contribution in [0.15, 0.2) is 24.3 Å². The Labute approximate surface area is 192 Å². The number of unbranched alkanes of at least 4 members (excludes halogenated alkanes) is 3. The van der Waals surface area contributed by atoms with E-state index in [1.54, 1.807) is 29.2 Å². The molecule has 0 N–H and O–H groups in total. The third-order valence-electron chi connectivity index (χ3n) is 6.54. The summed E-state index contributed by atoms with van der Waals surface area (Å²) in [7, 11) is 1.51. The average Bonchev–Trinajstić information content (AvgIpc) is 3.45. The second-order valence-electron chi connectivity index (χ2n) is 8.79. The number of carbonyl (C=O) groups is 1. The molecular weight excluding hydrogens is 433 g/mol. The first-order valence-electron chi connectivity index (χ1n) is 11.7. The Morgan fingerprint density at radius 1 is 0.970 bits per heavy atom. The molecular formula is C24H31F3N4O2. The smallest absolute Gasteiger partial charge is 0.435 e. The molecule has 2 aliphatic heterocycles. The van der Waals surface area contributed by atoms with E-state index >= 15 is 0 Å². The Kier molecular flexibility index (Phi) is 7.26. The summed E-state index contributed by atoms with van der Waals surface area (Å²) in [4.78, 5) is 17.4. The van der Waals surface area contributed by atoms with Gasteiger partial charge in [0, 0.05) is 18.7 Å². The number of fused-ring (bicyclic) bond motifs is 1. The van der Waals surface area contributed by atoms with Gasteiger partial charge in [-0.25, -0.2) is 4.68 Å². The summed E-state index contributed by atoms with van der Waals surface area (Å²) in [6.45, 7) is 4.38. The van der Waals surface area contributed by atoms with Crippen LogP contribution in [-0.4, -0.2) is 65.3 Å². The number of carbonyl (C=O) groups excluding carboxylic acids is 1. The van der Waals surface area contributed by atoms with Crippen LogP contribution >= 0.6 is 0 Å². The molecule has 1 amide bonds. The Bertz CT molecular complexity index is 950. The topological polar surface area (TPSA) is 50.6 Å². The second kappa shape index (κ2) is 10.2. The van der Waals surface area contributed by atoms with Gasteiger partial charge in [0.2, 0.25) is 0 Å². The lowest BCUT2D eigenvalue weighted by molar-refractivity contribution is -0.142. The van der Waals surface area contributed by atoms with E-state index in [0.717, 1.165) is 36.9 Å². The lowest BCUT2D eigenvalue weighted by Crippen LogP contribution is -2.39. The van der Waals surface area contributed by atoms with E-state index in [-0.39, 0.29) is 30.1 Å². The Balaban J connectivity index is 1.43. The number of methoxy groups -OCH3 is 1. The molecule has 1 fully saturated rings. The first-order chi connectivity index (χ1) is 15.9. The number of benzene rings is 1. The van der Waals surface area contributed by atoms with Crippen molar-refractivity contribution in [2.45, 2.75) is 51.1 Å². The molecule has 0 saturated carbocycles. The second-order valence-corrected chi connectivity index (χ2v) is 8.79. The number of aromatic nitrogens is 2. The zero-order valence-corrected chi connectivity index (χ0v) is 19.0. The van der Waals surface area contributed by atoms with E-state index in [1.165, 1.54) is 33.0 Å². The van der Waals surface area contributed by atoms with E-state index in [0.29, 0.717) is 18.0 Å². The summed E-state index contributed by atoms with van der Waals surface area (Å²) < 4.78 is 47.2. The fourth-order valence-electron chi connectivity index (χ4n) is 4.75. The maximum Gasteiger partial charge on any atom is 0.435 e. The molecule has 0 unspecified atom stereocenters. The predicted octanol–water partition coefficient (Wildman–Crippen LogP) is 4.55. The van der Waals surface area contributed by atoms with Gasteiger partial charge < -0.3 is 14.5 Å². The number of likely N-dealkylation sites (tertiary alicyclic amines) is 1. The van der Waals surface area contributed by atoms with Crippen molar-refractivity contribution in [2.75, 3.05) is 39.8 Å². The van der Waals surface area contributed by atoms with Crippen molar-refractivity contribution in [1.29, 1.82) is 0 Å². The van der Waals surface area contributed by atoms with Crippen LogP contribution in [-0.2, 0) is 12.6 Å². The highest BCUT2D eigenvalue weighted by Gasteiger charge is 2.43. The molecule has 33 heavy (non-hydrogen) atoms. The van der Waals surface area contributed by atoms with Gasteiger partial charge in [0.15, 0.2) is 5.69 Å². The highest BCUT2D eigenvalue weighted by Crippen LogP contribution is 2.36. The van der Waals surface area contributed by atoms with Gasteiger partial charge in [-0.2, -0.15) is 18.3 Å². The summed E-state index contributed by atoms with van der Waals surface area (Å²) in [6, 6.07) is 6.51. The third kappa shape index (κ3) is 5.34. The van der Waals surface area contributed by atoms with Gasteiger partial charge in [0.1, 0.15) is 11.4 Å². The van der Waals surface area contributed by atoms with E-state index in [4.69, 9.17) is 4.74 Å². The maximum absolute atomic E-state index is 13.7. The number of halogens is 3. The molecule has 1 saturated heterocycles. The first-order valence-corrected chi connectivity index (χ1v) is 11.7. The van der Waals surface area contributed by atoms with Crippen LogP contribution in [0, 0.1) is 0 Å². The number of amides is 1. The van der Waals surface area contributed by atoms with Gasteiger partial charge in [0.25, 0.3) is 5.91 Å². The minimum Gasteiger partial charge on any atom is -0.497 e. The Morgan fingerprint density at radius 3 is 2.27 bits per heavy atom. The quantitative estimate of drug-likeness (QED) is 0.511. The van der Waals surface area contributed by atoms with Crippen LogP contribution in [0.4, 0.5) is 13.2 Å². The van der Waals surface area contributed by atoms with Crippen LogP contribution in [0.2, 0.25) is 0 Å². The number of rotatable bonds is 9. The summed E-state index contributed by atoms with van der Waals surface area (Å²) >= 11 is 0. The van der Waals surface area contributed by atoms with Crippen LogP contribution in [0.3, 0.4) is 0 Å². The van der Waals surface area contributed by atoms with Gasteiger partial charge in [-0.3, -0.25) is 4.79 Å². The van der Waals surface area contributed by atoms with Crippen molar-refractivity contribution in [1.82, 2.24) is 19.6 Å². The van der Waals surface area contributed by atoms with Crippen molar-refractivity contribution in [3.8, 4) is 11.4 Å². The highest BCUT2D eigenvalue weighted by molar-refractivity contribution is 5.96. The van der Waals surface area contributed by atoms with Crippen LogP contribution in [0.1, 0.15) is 60.3 Å².